The molecule has 2 aromatic carbocycles. The van der Waals surface area contributed by atoms with E-state index in [0.717, 1.165) is 4.90 Å². The van der Waals surface area contributed by atoms with Crippen molar-refractivity contribution in [3.8, 4) is 11.1 Å². The van der Waals surface area contributed by atoms with E-state index in [-0.39, 0.29) is 41.7 Å². The van der Waals surface area contributed by atoms with E-state index in [1.54, 1.807) is 12.1 Å². The number of carboxylic acid groups (broad SMARTS) is 1. The average molecular weight is 430 g/mol. The van der Waals surface area contributed by atoms with Crippen molar-refractivity contribution in [3.05, 3.63) is 59.4 Å². The quantitative estimate of drug-likeness (QED) is 0.431. The molecule has 146 valence electrons. The van der Waals surface area contributed by atoms with Crippen LogP contribution >= 0.6 is 0 Å². The number of benzene rings is 2. The summed E-state index contributed by atoms with van der Waals surface area (Å²) in [6.45, 7) is -0.174. The number of carbonyl (C=O) groups excluding carboxylic acids is 2. The number of carbonyl (C=O) groups is 2. The molecule has 2 aromatic rings. The molecule has 12 heteroatoms. The van der Waals surface area contributed by atoms with Gasteiger partial charge in [-0.3, -0.25) is 4.55 Å². The molecule has 2 amide bonds. The topological polar surface area (TPSA) is 127 Å². The van der Waals surface area contributed by atoms with Crippen molar-refractivity contribution in [2.75, 3.05) is 6.54 Å². The molecular weight excluding hydrogens is 418 g/mol. The Bertz CT molecular complexity index is 1090. The Balaban J connectivity index is 0.00000240. The van der Waals surface area contributed by atoms with Gasteiger partial charge in [-0.05, 0) is 40.5 Å². The standard InChI is InChI=1S/C17H13FN2O7S.Na/c18-11-4-1-9(2-5-11)10-3-6-12-13(7-10)14-8-19(15(12)16(21)22)17(23)20(14)27-28(24,25)26;/h1-7,14-15H,8H2,(H,21,22)(H,24,25,26);/q;+1/p-1/t14-,15+;/m0./s1. The zero-order valence-corrected chi connectivity index (χ0v) is 17.8. The Hall–Kier alpha value is -2.02. The van der Waals surface area contributed by atoms with E-state index < -0.39 is 40.3 Å². The third-order valence-corrected chi connectivity index (χ3v) is 5.06. The minimum atomic E-state index is -5.01. The maximum Gasteiger partial charge on any atom is 1.00 e. The van der Waals surface area contributed by atoms with E-state index in [0.29, 0.717) is 21.8 Å². The van der Waals surface area contributed by atoms with Crippen LogP contribution in [-0.4, -0.2) is 41.5 Å². The normalized spacial score (nSPS) is 20.3. The third kappa shape index (κ3) is 3.89. The van der Waals surface area contributed by atoms with Crippen LogP contribution in [0, 0.1) is 5.82 Å². The van der Waals surface area contributed by atoms with Gasteiger partial charge in [-0.15, -0.1) is 4.28 Å². The number of nitrogens with zero attached hydrogens (tertiary/aromatic N) is 2. The van der Waals surface area contributed by atoms with Crippen LogP contribution < -0.4 is 34.7 Å². The monoisotopic (exact) mass is 430 g/mol. The summed E-state index contributed by atoms with van der Waals surface area (Å²) in [5.74, 6) is -1.97. The van der Waals surface area contributed by atoms with E-state index >= 15 is 0 Å². The minimum absolute atomic E-state index is 0. The first-order valence-corrected chi connectivity index (χ1v) is 9.40. The minimum Gasteiger partial charge on any atom is -0.548 e. The number of rotatable bonds is 4. The summed E-state index contributed by atoms with van der Waals surface area (Å²) in [7, 11) is -5.01. The molecule has 2 heterocycles. The van der Waals surface area contributed by atoms with Gasteiger partial charge in [0.25, 0.3) is 0 Å². The molecular formula is C17H12FN2NaO7S. The Morgan fingerprint density at radius 1 is 1.14 bits per heavy atom. The second kappa shape index (κ2) is 7.67. The zero-order chi connectivity index (χ0) is 20.2. The predicted octanol–water partition coefficient (Wildman–Crippen LogP) is -2.19. The Morgan fingerprint density at radius 2 is 1.76 bits per heavy atom. The van der Waals surface area contributed by atoms with Crippen LogP contribution in [0.3, 0.4) is 0 Å². The first kappa shape index (κ1) is 21.7. The van der Waals surface area contributed by atoms with Crippen LogP contribution in [0.1, 0.15) is 23.2 Å². The smallest absolute Gasteiger partial charge is 0.548 e. The number of hydrogen-bond donors (Lipinski definition) is 1. The van der Waals surface area contributed by atoms with Gasteiger partial charge in [0.2, 0.25) is 0 Å². The Morgan fingerprint density at radius 3 is 2.34 bits per heavy atom. The van der Waals surface area contributed by atoms with E-state index in [4.69, 9.17) is 4.55 Å². The summed E-state index contributed by atoms with van der Waals surface area (Å²) in [6, 6.07) is 6.76. The van der Waals surface area contributed by atoms with Crippen LogP contribution in [0.4, 0.5) is 9.18 Å². The molecule has 2 aliphatic rings. The molecule has 2 atom stereocenters. The molecule has 0 spiro atoms. The SMILES string of the molecule is O=C([O-])[C@H]1c2ccc(-c3ccc(F)cc3)cc2[C@@H]2CN1C(=O)N2OS(=O)(=O)O.[Na+]. The van der Waals surface area contributed by atoms with Gasteiger partial charge in [-0.1, -0.05) is 24.3 Å². The van der Waals surface area contributed by atoms with Crippen LogP contribution in [0.25, 0.3) is 11.1 Å². The van der Waals surface area contributed by atoms with Gasteiger partial charge < -0.3 is 14.8 Å². The second-order valence-corrected chi connectivity index (χ2v) is 7.36. The van der Waals surface area contributed by atoms with Crippen molar-refractivity contribution >= 4 is 22.4 Å². The number of carboxylic acids is 1. The molecule has 0 radical (unpaired) electrons. The maximum absolute atomic E-state index is 13.2. The number of aliphatic carboxylic acids is 1. The largest absolute Gasteiger partial charge is 1.00 e. The van der Waals surface area contributed by atoms with Crippen LogP contribution in [0.15, 0.2) is 42.5 Å². The van der Waals surface area contributed by atoms with E-state index in [1.807, 2.05) is 0 Å². The van der Waals surface area contributed by atoms with Crippen molar-refractivity contribution in [3.63, 3.8) is 0 Å². The predicted molar refractivity (Wildman–Crippen MR) is 88.9 cm³/mol. The summed E-state index contributed by atoms with van der Waals surface area (Å²) in [5, 5.41) is 12.1. The van der Waals surface area contributed by atoms with Gasteiger partial charge in [0, 0.05) is 0 Å². The molecule has 29 heavy (non-hydrogen) atoms. The molecule has 2 bridgehead atoms. The van der Waals surface area contributed by atoms with Crippen molar-refractivity contribution in [2.45, 2.75) is 12.1 Å². The van der Waals surface area contributed by atoms with Crippen molar-refractivity contribution in [1.82, 2.24) is 9.96 Å². The third-order valence-electron chi connectivity index (χ3n) is 4.71. The first-order valence-electron chi connectivity index (χ1n) is 8.03. The van der Waals surface area contributed by atoms with Gasteiger partial charge in [-0.2, -0.15) is 13.5 Å². The molecule has 1 N–H and O–H groups in total. The molecule has 2 aliphatic heterocycles. The summed E-state index contributed by atoms with van der Waals surface area (Å²) in [6.07, 6.45) is 0. The number of amides is 2. The molecule has 0 aliphatic carbocycles. The Kier molecular flexibility index (Phi) is 5.73. The van der Waals surface area contributed by atoms with E-state index in [1.165, 1.54) is 30.3 Å². The molecule has 1 saturated heterocycles. The molecule has 4 rings (SSSR count). The number of fused-ring (bicyclic) bond motifs is 4. The molecule has 0 aromatic heterocycles. The second-order valence-electron chi connectivity index (χ2n) is 6.35. The molecule has 0 saturated carbocycles. The van der Waals surface area contributed by atoms with Crippen LogP contribution in [0.5, 0.6) is 0 Å². The van der Waals surface area contributed by atoms with Crippen molar-refractivity contribution in [2.24, 2.45) is 0 Å². The van der Waals surface area contributed by atoms with Gasteiger partial charge >= 0.3 is 46.0 Å². The molecule has 9 nitrogen and oxygen atoms in total. The van der Waals surface area contributed by atoms with E-state index in [2.05, 4.69) is 4.28 Å². The summed E-state index contributed by atoms with van der Waals surface area (Å²) < 4.78 is 48.8. The van der Waals surface area contributed by atoms with Crippen LogP contribution in [0.2, 0.25) is 0 Å². The first-order chi connectivity index (χ1) is 13.2. The zero-order valence-electron chi connectivity index (χ0n) is 15.0. The summed E-state index contributed by atoms with van der Waals surface area (Å²) in [4.78, 5) is 25.0. The maximum atomic E-state index is 13.2. The fourth-order valence-electron chi connectivity index (χ4n) is 3.58. The average Bonchev–Trinajstić information content (AvgIpc) is 2.88. The van der Waals surface area contributed by atoms with E-state index in [9.17, 15) is 27.5 Å². The van der Waals surface area contributed by atoms with Gasteiger partial charge in [-0.25, -0.2) is 9.18 Å². The fraction of sp³-hybridized carbons (Fsp3) is 0.176. The molecule has 1 fully saturated rings. The van der Waals surface area contributed by atoms with Crippen molar-refractivity contribution in [1.29, 1.82) is 0 Å². The Labute approximate surface area is 186 Å². The molecule has 0 unspecified atom stereocenters. The fourth-order valence-corrected chi connectivity index (χ4v) is 3.95. The number of hydrogen-bond acceptors (Lipinski definition) is 6. The summed E-state index contributed by atoms with van der Waals surface area (Å²) >= 11 is 0. The number of urea groups is 1. The van der Waals surface area contributed by atoms with Gasteiger partial charge in [0.15, 0.2) is 0 Å². The van der Waals surface area contributed by atoms with Gasteiger partial charge in [0.1, 0.15) is 11.9 Å². The van der Waals surface area contributed by atoms with Crippen LogP contribution in [-0.2, 0) is 19.5 Å². The number of halogens is 1. The summed E-state index contributed by atoms with van der Waals surface area (Å²) in [5.41, 5.74) is 1.78. The number of hydroxylamine groups is 2. The van der Waals surface area contributed by atoms with Crippen molar-refractivity contribution < 1.29 is 65.9 Å². The van der Waals surface area contributed by atoms with Gasteiger partial charge in [0.05, 0.1) is 18.6 Å².